The van der Waals surface area contributed by atoms with E-state index in [9.17, 15) is 4.79 Å². The lowest BCUT2D eigenvalue weighted by molar-refractivity contribution is -0.122. The van der Waals surface area contributed by atoms with E-state index < -0.39 is 0 Å². The van der Waals surface area contributed by atoms with Crippen molar-refractivity contribution in [3.05, 3.63) is 34.9 Å². The average Bonchev–Trinajstić information content (AvgIpc) is 2.81. The molecule has 1 aromatic carbocycles. The number of hydrogen-bond acceptors (Lipinski definition) is 2. The maximum Gasteiger partial charge on any atom is 0.237 e. The van der Waals surface area contributed by atoms with Gasteiger partial charge in [0.15, 0.2) is 0 Å². The molecule has 1 unspecified atom stereocenters. The molecule has 1 fully saturated rings. The molecule has 1 aliphatic rings. The summed E-state index contributed by atoms with van der Waals surface area (Å²) in [6.45, 7) is 1.43. The smallest absolute Gasteiger partial charge is 0.237 e. The Bertz CT molecular complexity index is 379. The van der Waals surface area contributed by atoms with E-state index in [0.717, 1.165) is 24.9 Å². The van der Waals surface area contributed by atoms with E-state index >= 15 is 0 Å². The van der Waals surface area contributed by atoms with Crippen molar-refractivity contribution in [1.82, 2.24) is 10.6 Å². The van der Waals surface area contributed by atoms with E-state index in [1.165, 1.54) is 0 Å². The maximum atomic E-state index is 11.7. The molecule has 0 radical (unpaired) electrons. The van der Waals surface area contributed by atoms with Gasteiger partial charge in [-0.3, -0.25) is 4.79 Å². The fourth-order valence-corrected chi connectivity index (χ4v) is 2.06. The Morgan fingerprint density at radius 1 is 1.47 bits per heavy atom. The molecule has 2 rings (SSSR count). The molecule has 94 valence electrons. The number of nitrogens with one attached hydrogen (secondary N) is 2. The van der Waals surface area contributed by atoms with Crippen LogP contribution in [0, 0.1) is 0 Å². The quantitative estimate of drug-likeness (QED) is 0.887. The van der Waals surface area contributed by atoms with E-state index in [-0.39, 0.29) is 24.4 Å². The van der Waals surface area contributed by atoms with Crippen molar-refractivity contribution >= 4 is 29.9 Å². The first-order chi connectivity index (χ1) is 7.77. The summed E-state index contributed by atoms with van der Waals surface area (Å²) >= 11 is 6.00. The standard InChI is InChI=1S/C12H15ClN2O.ClH/c13-10-5-2-1-4-9(10)8-15-12(16)11-6-3-7-14-11;/h1-2,4-5,11,14H,3,6-8H2,(H,15,16);1H. The van der Waals surface area contributed by atoms with Crippen molar-refractivity contribution in [2.45, 2.75) is 25.4 Å². The highest BCUT2D eigenvalue weighted by Gasteiger charge is 2.21. The van der Waals surface area contributed by atoms with Gasteiger partial charge in [-0.2, -0.15) is 0 Å². The fraction of sp³-hybridized carbons (Fsp3) is 0.417. The molecule has 1 heterocycles. The predicted octanol–water partition coefficient (Wildman–Crippen LogP) is 2.13. The highest BCUT2D eigenvalue weighted by molar-refractivity contribution is 6.31. The van der Waals surface area contributed by atoms with Crippen LogP contribution in [0.5, 0.6) is 0 Å². The number of halogens is 2. The van der Waals surface area contributed by atoms with Gasteiger partial charge in [0, 0.05) is 11.6 Å². The summed E-state index contributed by atoms with van der Waals surface area (Å²) in [5.74, 6) is 0.0671. The zero-order chi connectivity index (χ0) is 11.4. The van der Waals surface area contributed by atoms with Crippen LogP contribution in [0.25, 0.3) is 0 Å². The first kappa shape index (κ1) is 14.3. The molecule has 5 heteroatoms. The summed E-state index contributed by atoms with van der Waals surface area (Å²) in [5.41, 5.74) is 0.954. The minimum absolute atomic E-state index is 0. The number of carbonyl (C=O) groups excluding carboxylic acids is 1. The van der Waals surface area contributed by atoms with Crippen LogP contribution in [-0.4, -0.2) is 18.5 Å². The van der Waals surface area contributed by atoms with Crippen LogP contribution in [0.3, 0.4) is 0 Å². The van der Waals surface area contributed by atoms with Crippen LogP contribution in [0.4, 0.5) is 0 Å². The van der Waals surface area contributed by atoms with Crippen molar-refractivity contribution in [3.8, 4) is 0 Å². The average molecular weight is 275 g/mol. The molecule has 1 saturated heterocycles. The molecule has 2 N–H and O–H groups in total. The second-order valence-corrected chi connectivity index (χ2v) is 4.37. The first-order valence-corrected chi connectivity index (χ1v) is 5.89. The Morgan fingerprint density at radius 3 is 2.88 bits per heavy atom. The Hall–Kier alpha value is -0.770. The van der Waals surface area contributed by atoms with Crippen LogP contribution < -0.4 is 10.6 Å². The summed E-state index contributed by atoms with van der Waals surface area (Å²) in [4.78, 5) is 11.7. The van der Waals surface area contributed by atoms with Crippen LogP contribution in [0.1, 0.15) is 18.4 Å². The molecule has 1 aromatic rings. The summed E-state index contributed by atoms with van der Waals surface area (Å²) in [7, 11) is 0. The number of carbonyl (C=O) groups is 1. The largest absolute Gasteiger partial charge is 0.351 e. The highest BCUT2D eigenvalue weighted by atomic mass is 35.5. The van der Waals surface area contributed by atoms with Gasteiger partial charge in [-0.15, -0.1) is 12.4 Å². The van der Waals surface area contributed by atoms with Crippen molar-refractivity contribution in [3.63, 3.8) is 0 Å². The Kier molecular flexibility index (Phi) is 5.75. The van der Waals surface area contributed by atoms with Gasteiger partial charge >= 0.3 is 0 Å². The first-order valence-electron chi connectivity index (χ1n) is 5.52. The van der Waals surface area contributed by atoms with E-state index in [2.05, 4.69) is 10.6 Å². The van der Waals surface area contributed by atoms with Crippen LogP contribution in [0.15, 0.2) is 24.3 Å². The molecule has 0 bridgehead atoms. The number of benzene rings is 1. The molecule has 1 aliphatic heterocycles. The molecule has 3 nitrogen and oxygen atoms in total. The third-order valence-corrected chi connectivity index (χ3v) is 3.16. The van der Waals surface area contributed by atoms with Crippen molar-refractivity contribution in [1.29, 1.82) is 0 Å². The predicted molar refractivity (Wildman–Crippen MR) is 71.6 cm³/mol. The summed E-state index contributed by atoms with van der Waals surface area (Å²) in [5, 5.41) is 6.75. The van der Waals surface area contributed by atoms with Crippen LogP contribution in [0.2, 0.25) is 5.02 Å². The fourth-order valence-electron chi connectivity index (χ4n) is 1.86. The zero-order valence-corrected chi connectivity index (χ0v) is 11.0. The van der Waals surface area contributed by atoms with Gasteiger partial charge in [-0.1, -0.05) is 29.8 Å². The number of amides is 1. The van der Waals surface area contributed by atoms with Gasteiger partial charge in [-0.05, 0) is 31.0 Å². The van der Waals surface area contributed by atoms with Gasteiger partial charge in [0.05, 0.1) is 6.04 Å². The Balaban J connectivity index is 0.00000144. The second kappa shape index (κ2) is 6.84. The minimum Gasteiger partial charge on any atom is -0.351 e. The van der Waals surface area contributed by atoms with Crippen molar-refractivity contribution < 1.29 is 4.79 Å². The van der Waals surface area contributed by atoms with Crippen molar-refractivity contribution in [2.75, 3.05) is 6.54 Å². The van der Waals surface area contributed by atoms with Crippen LogP contribution in [-0.2, 0) is 11.3 Å². The van der Waals surface area contributed by atoms with E-state index in [4.69, 9.17) is 11.6 Å². The molecular formula is C12H16Cl2N2O. The topological polar surface area (TPSA) is 41.1 Å². The van der Waals surface area contributed by atoms with E-state index in [1.54, 1.807) is 0 Å². The summed E-state index contributed by atoms with van der Waals surface area (Å²) in [6.07, 6.45) is 2.00. The molecule has 17 heavy (non-hydrogen) atoms. The monoisotopic (exact) mass is 274 g/mol. The lowest BCUT2D eigenvalue weighted by Crippen LogP contribution is -2.40. The van der Waals surface area contributed by atoms with Gasteiger partial charge in [-0.25, -0.2) is 0 Å². The van der Waals surface area contributed by atoms with Gasteiger partial charge in [0.1, 0.15) is 0 Å². The number of rotatable bonds is 3. The second-order valence-electron chi connectivity index (χ2n) is 3.96. The molecule has 0 aliphatic carbocycles. The maximum absolute atomic E-state index is 11.7. The Morgan fingerprint density at radius 2 is 2.24 bits per heavy atom. The number of hydrogen-bond donors (Lipinski definition) is 2. The Labute approximate surface area is 112 Å². The van der Waals surface area contributed by atoms with Gasteiger partial charge < -0.3 is 10.6 Å². The molecule has 0 spiro atoms. The third-order valence-electron chi connectivity index (χ3n) is 2.79. The summed E-state index contributed by atoms with van der Waals surface area (Å²) < 4.78 is 0. The SMILES string of the molecule is Cl.O=C(NCc1ccccc1Cl)C1CCCN1. The minimum atomic E-state index is -0.0255. The molecule has 0 aromatic heterocycles. The molecule has 1 amide bonds. The van der Waals surface area contributed by atoms with Gasteiger partial charge in [0.25, 0.3) is 0 Å². The highest BCUT2D eigenvalue weighted by Crippen LogP contribution is 2.14. The van der Waals surface area contributed by atoms with E-state index in [0.29, 0.717) is 11.6 Å². The van der Waals surface area contributed by atoms with Gasteiger partial charge in [0.2, 0.25) is 5.91 Å². The van der Waals surface area contributed by atoms with E-state index in [1.807, 2.05) is 24.3 Å². The molecule has 1 atom stereocenters. The molecule has 0 saturated carbocycles. The van der Waals surface area contributed by atoms with Crippen LogP contribution >= 0.6 is 24.0 Å². The third kappa shape index (κ3) is 3.87. The zero-order valence-electron chi connectivity index (χ0n) is 9.41. The van der Waals surface area contributed by atoms with Crippen molar-refractivity contribution in [2.24, 2.45) is 0 Å². The normalized spacial score (nSPS) is 18.5. The lowest BCUT2D eigenvalue weighted by atomic mass is 10.2. The summed E-state index contributed by atoms with van der Waals surface area (Å²) in [6, 6.07) is 7.53. The lowest BCUT2D eigenvalue weighted by Gasteiger charge is -2.11. The molecular weight excluding hydrogens is 259 g/mol.